The van der Waals surface area contributed by atoms with E-state index in [1.807, 2.05) is 26.4 Å². The molecule has 1 heterocycles. The minimum absolute atomic E-state index is 0.0794. The standard InChI is InChI=1S/C19H32N4O2/c1-4-20-19(23(3)15-16-9-8-14-22(16)2)21-13-7-12-18(24)25-17-10-5-6-11-17/h8-9,14,17H,4-7,10-13,15H2,1-3H3,(H,20,21). The first-order valence-corrected chi connectivity index (χ1v) is 9.39. The second-order valence-electron chi connectivity index (χ2n) is 6.70. The maximum atomic E-state index is 11.9. The molecule has 0 amide bonds. The van der Waals surface area contributed by atoms with Gasteiger partial charge < -0.3 is 19.5 Å². The summed E-state index contributed by atoms with van der Waals surface area (Å²) in [5, 5.41) is 3.31. The van der Waals surface area contributed by atoms with Gasteiger partial charge in [0.15, 0.2) is 5.96 Å². The monoisotopic (exact) mass is 348 g/mol. The molecule has 1 fully saturated rings. The van der Waals surface area contributed by atoms with Crippen LogP contribution in [-0.4, -0.2) is 47.6 Å². The molecule has 1 aromatic rings. The maximum absolute atomic E-state index is 11.9. The van der Waals surface area contributed by atoms with Gasteiger partial charge in [0.25, 0.3) is 0 Å². The number of ether oxygens (including phenoxy) is 1. The lowest BCUT2D eigenvalue weighted by molar-refractivity contribution is -0.148. The van der Waals surface area contributed by atoms with E-state index in [0.29, 0.717) is 13.0 Å². The fourth-order valence-electron chi connectivity index (χ4n) is 3.11. The number of hydrogen-bond acceptors (Lipinski definition) is 3. The van der Waals surface area contributed by atoms with Crippen LogP contribution < -0.4 is 5.32 Å². The average molecular weight is 348 g/mol. The van der Waals surface area contributed by atoms with E-state index in [4.69, 9.17) is 4.74 Å². The second-order valence-corrected chi connectivity index (χ2v) is 6.70. The van der Waals surface area contributed by atoms with Gasteiger partial charge in [-0.05, 0) is 51.2 Å². The molecule has 1 aliphatic rings. The number of guanidine groups is 1. The Labute approximate surface area is 151 Å². The van der Waals surface area contributed by atoms with Crippen LogP contribution in [0.25, 0.3) is 0 Å². The molecule has 0 atom stereocenters. The topological polar surface area (TPSA) is 58.9 Å². The van der Waals surface area contributed by atoms with E-state index in [1.165, 1.54) is 18.5 Å². The van der Waals surface area contributed by atoms with E-state index < -0.39 is 0 Å². The third kappa shape index (κ3) is 6.44. The highest BCUT2D eigenvalue weighted by molar-refractivity contribution is 5.79. The Bertz CT molecular complexity index is 562. The van der Waals surface area contributed by atoms with Crippen molar-refractivity contribution in [3.8, 4) is 0 Å². The van der Waals surface area contributed by atoms with Crippen molar-refractivity contribution in [2.24, 2.45) is 12.0 Å². The Hall–Kier alpha value is -1.98. The highest BCUT2D eigenvalue weighted by Gasteiger charge is 2.18. The minimum atomic E-state index is -0.0794. The van der Waals surface area contributed by atoms with E-state index >= 15 is 0 Å². The lowest BCUT2D eigenvalue weighted by Gasteiger charge is -2.22. The lowest BCUT2D eigenvalue weighted by Crippen LogP contribution is -2.38. The molecule has 0 spiro atoms. The fourth-order valence-corrected chi connectivity index (χ4v) is 3.11. The van der Waals surface area contributed by atoms with Crippen LogP contribution in [0.3, 0.4) is 0 Å². The molecule has 1 N–H and O–H groups in total. The highest BCUT2D eigenvalue weighted by atomic mass is 16.5. The predicted molar refractivity (Wildman–Crippen MR) is 100 cm³/mol. The first-order valence-electron chi connectivity index (χ1n) is 9.39. The molecule has 0 radical (unpaired) electrons. The van der Waals surface area contributed by atoms with Gasteiger partial charge in [-0.15, -0.1) is 0 Å². The number of aryl methyl sites for hydroxylation is 1. The molecule has 0 aromatic carbocycles. The maximum Gasteiger partial charge on any atom is 0.306 e. The molecule has 0 saturated heterocycles. The van der Waals surface area contributed by atoms with Crippen molar-refractivity contribution in [3.05, 3.63) is 24.0 Å². The third-order valence-electron chi connectivity index (χ3n) is 4.55. The highest BCUT2D eigenvalue weighted by Crippen LogP contribution is 2.21. The van der Waals surface area contributed by atoms with Gasteiger partial charge in [0.05, 0.1) is 6.54 Å². The van der Waals surface area contributed by atoms with Crippen molar-refractivity contribution in [2.75, 3.05) is 20.1 Å². The molecule has 0 unspecified atom stereocenters. The van der Waals surface area contributed by atoms with Gasteiger partial charge in [-0.25, -0.2) is 0 Å². The summed E-state index contributed by atoms with van der Waals surface area (Å²) in [6.45, 7) is 4.30. The predicted octanol–water partition coefficient (Wildman–Crippen LogP) is 2.69. The first-order chi connectivity index (χ1) is 12.1. The van der Waals surface area contributed by atoms with Gasteiger partial charge in [-0.1, -0.05) is 0 Å². The second kappa shape index (κ2) is 10.1. The molecule has 2 rings (SSSR count). The zero-order valence-electron chi connectivity index (χ0n) is 15.8. The summed E-state index contributed by atoms with van der Waals surface area (Å²) in [5.41, 5.74) is 1.23. The van der Waals surface area contributed by atoms with Gasteiger partial charge >= 0.3 is 5.97 Å². The van der Waals surface area contributed by atoms with Gasteiger partial charge in [-0.3, -0.25) is 9.79 Å². The molecule has 6 nitrogen and oxygen atoms in total. The average Bonchev–Trinajstić information content (AvgIpc) is 3.22. The van der Waals surface area contributed by atoms with Crippen LogP contribution in [0.15, 0.2) is 23.3 Å². The Morgan fingerprint density at radius 1 is 1.44 bits per heavy atom. The molecule has 0 aliphatic heterocycles. The molecule has 25 heavy (non-hydrogen) atoms. The minimum Gasteiger partial charge on any atom is -0.462 e. The Balaban J connectivity index is 1.76. The number of aromatic nitrogens is 1. The van der Waals surface area contributed by atoms with Crippen LogP contribution >= 0.6 is 0 Å². The molecular formula is C19H32N4O2. The summed E-state index contributed by atoms with van der Waals surface area (Å²) in [4.78, 5) is 18.6. The lowest BCUT2D eigenvalue weighted by atomic mass is 10.3. The zero-order valence-corrected chi connectivity index (χ0v) is 15.8. The van der Waals surface area contributed by atoms with E-state index in [-0.39, 0.29) is 12.1 Å². The van der Waals surface area contributed by atoms with E-state index in [0.717, 1.165) is 38.3 Å². The number of carbonyl (C=O) groups is 1. The Morgan fingerprint density at radius 2 is 2.20 bits per heavy atom. The van der Waals surface area contributed by atoms with Crippen LogP contribution in [0, 0.1) is 0 Å². The number of esters is 1. The van der Waals surface area contributed by atoms with Crippen LogP contribution in [0.1, 0.15) is 51.1 Å². The van der Waals surface area contributed by atoms with Gasteiger partial charge in [-0.2, -0.15) is 0 Å². The largest absolute Gasteiger partial charge is 0.462 e. The fraction of sp³-hybridized carbons (Fsp3) is 0.684. The smallest absolute Gasteiger partial charge is 0.306 e. The normalized spacial score (nSPS) is 15.4. The number of carbonyl (C=O) groups excluding carboxylic acids is 1. The first kappa shape index (κ1) is 19.3. The van der Waals surface area contributed by atoms with E-state index in [1.54, 1.807) is 0 Å². The van der Waals surface area contributed by atoms with E-state index in [9.17, 15) is 4.79 Å². The third-order valence-corrected chi connectivity index (χ3v) is 4.55. The quantitative estimate of drug-likeness (QED) is 0.340. The number of rotatable bonds is 8. The number of hydrogen-bond donors (Lipinski definition) is 1. The van der Waals surface area contributed by atoms with Gasteiger partial charge in [0.1, 0.15) is 6.10 Å². The van der Waals surface area contributed by atoms with Crippen molar-refractivity contribution >= 4 is 11.9 Å². The molecule has 1 aliphatic carbocycles. The Kier molecular flexibility index (Phi) is 7.82. The zero-order chi connectivity index (χ0) is 18.1. The number of aliphatic imine (C=N–C) groups is 1. The van der Waals surface area contributed by atoms with Crippen molar-refractivity contribution in [3.63, 3.8) is 0 Å². The molecule has 0 bridgehead atoms. The molecule has 1 saturated carbocycles. The van der Waals surface area contributed by atoms with Crippen molar-refractivity contribution in [2.45, 2.75) is 58.1 Å². The van der Waals surface area contributed by atoms with Crippen molar-refractivity contribution in [1.82, 2.24) is 14.8 Å². The van der Waals surface area contributed by atoms with E-state index in [2.05, 4.69) is 32.8 Å². The van der Waals surface area contributed by atoms with Crippen LogP contribution in [-0.2, 0) is 23.1 Å². The van der Waals surface area contributed by atoms with Gasteiger partial charge in [0, 0.05) is 45.5 Å². The molecule has 1 aromatic heterocycles. The van der Waals surface area contributed by atoms with Crippen molar-refractivity contribution < 1.29 is 9.53 Å². The number of nitrogens with zero attached hydrogens (tertiary/aromatic N) is 3. The summed E-state index contributed by atoms with van der Waals surface area (Å²) in [6, 6.07) is 4.16. The summed E-state index contributed by atoms with van der Waals surface area (Å²) < 4.78 is 7.59. The van der Waals surface area contributed by atoms with Crippen LogP contribution in [0.4, 0.5) is 0 Å². The van der Waals surface area contributed by atoms with Gasteiger partial charge in [0.2, 0.25) is 0 Å². The molecular weight excluding hydrogens is 316 g/mol. The molecule has 140 valence electrons. The molecule has 6 heteroatoms. The van der Waals surface area contributed by atoms with Crippen LogP contribution in [0.2, 0.25) is 0 Å². The van der Waals surface area contributed by atoms with Crippen LogP contribution in [0.5, 0.6) is 0 Å². The summed E-state index contributed by atoms with van der Waals surface area (Å²) in [7, 11) is 4.08. The SMILES string of the molecule is CCNC(=NCCCC(=O)OC1CCCC1)N(C)Cc1cccn1C. The Morgan fingerprint density at radius 3 is 2.84 bits per heavy atom. The number of nitrogens with one attached hydrogen (secondary N) is 1. The summed E-state index contributed by atoms with van der Waals surface area (Å²) in [6.07, 6.45) is 7.79. The summed E-state index contributed by atoms with van der Waals surface area (Å²) >= 11 is 0. The summed E-state index contributed by atoms with van der Waals surface area (Å²) in [5.74, 6) is 0.789. The van der Waals surface area contributed by atoms with Crippen molar-refractivity contribution in [1.29, 1.82) is 0 Å².